The summed E-state index contributed by atoms with van der Waals surface area (Å²) in [6, 6.07) is 7.51. The van der Waals surface area contributed by atoms with E-state index in [4.69, 9.17) is 9.84 Å². The largest absolute Gasteiger partial charge is 0.479 e. The molecule has 1 heterocycles. The predicted octanol–water partition coefficient (Wildman–Crippen LogP) is 2.26. The molecule has 2 unspecified atom stereocenters. The van der Waals surface area contributed by atoms with Gasteiger partial charge in [0.15, 0.2) is 6.10 Å². The lowest BCUT2D eigenvalue weighted by atomic mass is 10.1. The third-order valence-electron chi connectivity index (χ3n) is 3.32. The van der Waals surface area contributed by atoms with Gasteiger partial charge in [-0.05, 0) is 37.5 Å². The molecule has 6 heteroatoms. The number of hydrogen-bond donors (Lipinski definition) is 2. The van der Waals surface area contributed by atoms with Crippen molar-refractivity contribution in [3.8, 4) is 0 Å². The van der Waals surface area contributed by atoms with Gasteiger partial charge in [0.1, 0.15) is 6.10 Å². The number of benzene rings is 1. The predicted molar refractivity (Wildman–Crippen MR) is 76.2 cm³/mol. The van der Waals surface area contributed by atoms with E-state index in [2.05, 4.69) is 21.2 Å². The van der Waals surface area contributed by atoms with Crippen LogP contribution in [0.15, 0.2) is 28.7 Å². The van der Waals surface area contributed by atoms with Crippen molar-refractivity contribution in [2.45, 2.75) is 38.0 Å². The summed E-state index contributed by atoms with van der Waals surface area (Å²) >= 11 is 3.36. The van der Waals surface area contributed by atoms with Gasteiger partial charge in [0.2, 0.25) is 5.91 Å². The number of rotatable bonds is 4. The lowest BCUT2D eigenvalue weighted by Crippen LogP contribution is -2.37. The minimum Gasteiger partial charge on any atom is -0.479 e. The number of halogens is 1. The van der Waals surface area contributed by atoms with Crippen molar-refractivity contribution in [1.82, 2.24) is 5.32 Å². The minimum absolute atomic E-state index is 0.150. The summed E-state index contributed by atoms with van der Waals surface area (Å²) in [5, 5.41) is 11.7. The maximum atomic E-state index is 12.0. The molecule has 1 amide bonds. The highest BCUT2D eigenvalue weighted by atomic mass is 79.9. The van der Waals surface area contributed by atoms with E-state index in [0.717, 1.165) is 10.0 Å². The number of carbonyl (C=O) groups excluding carboxylic acids is 1. The zero-order valence-electron chi connectivity index (χ0n) is 11.0. The molecule has 1 aliphatic rings. The number of ether oxygens (including phenoxy) is 1. The molecular weight excluding hydrogens is 326 g/mol. The molecule has 5 nitrogen and oxygen atoms in total. The highest BCUT2D eigenvalue weighted by Crippen LogP contribution is 2.22. The maximum absolute atomic E-state index is 12.0. The summed E-state index contributed by atoms with van der Waals surface area (Å²) in [7, 11) is 0. The summed E-state index contributed by atoms with van der Waals surface area (Å²) in [4.78, 5) is 22.8. The second kappa shape index (κ2) is 6.37. The van der Waals surface area contributed by atoms with Crippen LogP contribution in [0.3, 0.4) is 0 Å². The molecule has 1 fully saturated rings. The van der Waals surface area contributed by atoms with E-state index in [1.807, 2.05) is 31.2 Å². The lowest BCUT2D eigenvalue weighted by molar-refractivity contribution is -0.151. The average molecular weight is 342 g/mol. The summed E-state index contributed by atoms with van der Waals surface area (Å²) < 4.78 is 6.20. The molecule has 0 spiro atoms. The van der Waals surface area contributed by atoms with Gasteiger partial charge in [-0.15, -0.1) is 0 Å². The van der Waals surface area contributed by atoms with E-state index in [9.17, 15) is 9.59 Å². The molecule has 20 heavy (non-hydrogen) atoms. The molecule has 1 aromatic rings. The first kappa shape index (κ1) is 15.0. The van der Waals surface area contributed by atoms with Gasteiger partial charge in [0.25, 0.3) is 0 Å². The normalized spacial score (nSPS) is 23.3. The van der Waals surface area contributed by atoms with Crippen LogP contribution in [0.5, 0.6) is 0 Å². The number of amides is 1. The first-order valence-electron chi connectivity index (χ1n) is 6.41. The molecule has 0 bridgehead atoms. The summed E-state index contributed by atoms with van der Waals surface area (Å²) in [5.41, 5.74) is 0.981. The Morgan fingerprint density at radius 2 is 1.90 bits per heavy atom. The Balaban J connectivity index is 1.91. The topological polar surface area (TPSA) is 75.6 Å². The van der Waals surface area contributed by atoms with Crippen molar-refractivity contribution in [3.63, 3.8) is 0 Å². The van der Waals surface area contributed by atoms with Gasteiger partial charge in [-0.3, -0.25) is 4.79 Å². The maximum Gasteiger partial charge on any atom is 0.332 e. The molecule has 2 rings (SSSR count). The average Bonchev–Trinajstić information content (AvgIpc) is 2.89. The van der Waals surface area contributed by atoms with Gasteiger partial charge in [0.05, 0.1) is 6.04 Å². The van der Waals surface area contributed by atoms with E-state index in [0.29, 0.717) is 12.8 Å². The monoisotopic (exact) mass is 341 g/mol. The Labute approximate surface area is 125 Å². The molecule has 0 aromatic heterocycles. The molecule has 1 aromatic carbocycles. The second-order valence-electron chi connectivity index (χ2n) is 4.81. The highest BCUT2D eigenvalue weighted by molar-refractivity contribution is 9.10. The van der Waals surface area contributed by atoms with Crippen molar-refractivity contribution < 1.29 is 19.4 Å². The van der Waals surface area contributed by atoms with E-state index >= 15 is 0 Å². The lowest BCUT2D eigenvalue weighted by Gasteiger charge is -2.17. The first-order valence-corrected chi connectivity index (χ1v) is 7.21. The molecular formula is C14H16BrNO4. The fourth-order valence-corrected chi connectivity index (χ4v) is 2.42. The Hall–Kier alpha value is -1.40. The van der Waals surface area contributed by atoms with Gasteiger partial charge in [-0.2, -0.15) is 0 Å². The smallest absolute Gasteiger partial charge is 0.332 e. The molecule has 0 aliphatic carbocycles. The summed E-state index contributed by atoms with van der Waals surface area (Å²) in [6.07, 6.45) is -0.724. The van der Waals surface area contributed by atoms with Crippen LogP contribution in [-0.4, -0.2) is 29.2 Å². The Bertz CT molecular complexity index is 502. The minimum atomic E-state index is -1.01. The van der Waals surface area contributed by atoms with Crippen LogP contribution in [0.2, 0.25) is 0 Å². The van der Waals surface area contributed by atoms with Crippen LogP contribution in [-0.2, 0) is 14.3 Å². The fourth-order valence-electron chi connectivity index (χ4n) is 2.15. The summed E-state index contributed by atoms with van der Waals surface area (Å²) in [6.45, 7) is 1.88. The molecule has 108 valence electrons. The Morgan fingerprint density at radius 3 is 2.45 bits per heavy atom. The van der Waals surface area contributed by atoms with Gasteiger partial charge in [0, 0.05) is 4.47 Å². The molecule has 2 N–H and O–H groups in total. The third kappa shape index (κ3) is 3.58. The second-order valence-corrected chi connectivity index (χ2v) is 5.73. The van der Waals surface area contributed by atoms with Crippen molar-refractivity contribution in [3.05, 3.63) is 34.3 Å². The van der Waals surface area contributed by atoms with Gasteiger partial charge < -0.3 is 15.2 Å². The van der Waals surface area contributed by atoms with Crippen molar-refractivity contribution in [2.24, 2.45) is 0 Å². The van der Waals surface area contributed by atoms with Crippen LogP contribution in [0.4, 0.5) is 0 Å². The number of carboxylic acids is 1. The zero-order chi connectivity index (χ0) is 14.7. The number of aliphatic carboxylic acids is 1. The third-order valence-corrected chi connectivity index (χ3v) is 3.84. The van der Waals surface area contributed by atoms with Crippen LogP contribution in [0.25, 0.3) is 0 Å². The molecule has 1 saturated heterocycles. The van der Waals surface area contributed by atoms with Crippen molar-refractivity contribution in [2.75, 3.05) is 0 Å². The SMILES string of the molecule is C[C@@H](NC(=O)C1CCC(C(=O)O)O1)c1ccc(Br)cc1. The molecule has 3 atom stereocenters. The fraction of sp³-hybridized carbons (Fsp3) is 0.429. The molecule has 0 saturated carbocycles. The number of carboxylic acid groups (broad SMARTS) is 1. The van der Waals surface area contributed by atoms with Crippen LogP contribution < -0.4 is 5.32 Å². The standard InChI is InChI=1S/C14H16BrNO4/c1-8(9-2-4-10(15)5-3-9)16-13(17)11-6-7-12(20-11)14(18)19/h2-5,8,11-12H,6-7H2,1H3,(H,16,17)(H,18,19)/t8-,11?,12?/m1/s1. The summed E-state index contributed by atoms with van der Waals surface area (Å²) in [5.74, 6) is -1.27. The Kier molecular flexibility index (Phi) is 4.77. The Morgan fingerprint density at radius 1 is 1.30 bits per heavy atom. The highest BCUT2D eigenvalue weighted by Gasteiger charge is 2.35. The van der Waals surface area contributed by atoms with Crippen LogP contribution in [0.1, 0.15) is 31.4 Å². The zero-order valence-corrected chi connectivity index (χ0v) is 12.6. The number of nitrogens with one attached hydrogen (secondary N) is 1. The van der Waals surface area contributed by atoms with Gasteiger partial charge in [-0.1, -0.05) is 28.1 Å². The molecule has 1 aliphatic heterocycles. The van der Waals surface area contributed by atoms with E-state index in [-0.39, 0.29) is 11.9 Å². The quantitative estimate of drug-likeness (QED) is 0.880. The van der Waals surface area contributed by atoms with Crippen LogP contribution >= 0.6 is 15.9 Å². The van der Waals surface area contributed by atoms with E-state index in [1.165, 1.54) is 0 Å². The van der Waals surface area contributed by atoms with Crippen molar-refractivity contribution in [1.29, 1.82) is 0 Å². The van der Waals surface area contributed by atoms with E-state index < -0.39 is 18.2 Å². The van der Waals surface area contributed by atoms with Crippen molar-refractivity contribution >= 4 is 27.8 Å². The van der Waals surface area contributed by atoms with Crippen LogP contribution in [0, 0.1) is 0 Å². The van der Waals surface area contributed by atoms with Gasteiger partial charge in [-0.25, -0.2) is 4.79 Å². The van der Waals surface area contributed by atoms with E-state index in [1.54, 1.807) is 0 Å². The van der Waals surface area contributed by atoms with Gasteiger partial charge >= 0.3 is 5.97 Å². The number of carbonyl (C=O) groups is 2. The number of hydrogen-bond acceptors (Lipinski definition) is 3. The molecule has 0 radical (unpaired) electrons. The first-order chi connectivity index (χ1) is 9.47.